The van der Waals surface area contributed by atoms with E-state index in [1.807, 2.05) is 0 Å². The molecule has 1 aliphatic rings. The molecule has 1 heterocycles. The maximum absolute atomic E-state index is 12.9. The Morgan fingerprint density at radius 2 is 2.00 bits per heavy atom. The van der Waals surface area contributed by atoms with E-state index in [-0.39, 0.29) is 17.9 Å². The van der Waals surface area contributed by atoms with Gasteiger partial charge in [-0.1, -0.05) is 12.1 Å². The predicted molar refractivity (Wildman–Crippen MR) is 75.3 cm³/mol. The van der Waals surface area contributed by atoms with Gasteiger partial charge in [0.15, 0.2) is 0 Å². The van der Waals surface area contributed by atoms with Crippen LogP contribution in [0.25, 0.3) is 0 Å². The number of nitrogens with zero attached hydrogens (tertiary/aromatic N) is 1. The Morgan fingerprint density at radius 1 is 1.33 bits per heavy atom. The number of carbonyl (C=O) groups excluding carboxylic acids is 1. The number of likely N-dealkylation sites (tertiary alicyclic amines) is 1. The highest BCUT2D eigenvalue weighted by Crippen LogP contribution is 2.19. The molecule has 5 nitrogen and oxygen atoms in total. The highest BCUT2D eigenvalue weighted by atomic mass is 19.1. The maximum Gasteiger partial charge on any atom is 0.326 e. The number of halogens is 1. The number of hydrogen-bond donors (Lipinski definition) is 2. The van der Waals surface area contributed by atoms with Crippen LogP contribution in [0, 0.1) is 5.82 Å². The number of piperidine rings is 1. The molecule has 0 aliphatic carbocycles. The van der Waals surface area contributed by atoms with Gasteiger partial charge in [-0.3, -0.25) is 0 Å². The summed E-state index contributed by atoms with van der Waals surface area (Å²) in [6.45, 7) is 2.23. The summed E-state index contributed by atoms with van der Waals surface area (Å²) in [6.07, 6.45) is 2.10. The minimum absolute atomic E-state index is 0.311. The Morgan fingerprint density at radius 3 is 2.62 bits per heavy atom. The van der Waals surface area contributed by atoms with Crippen molar-refractivity contribution < 1.29 is 19.1 Å². The zero-order chi connectivity index (χ0) is 15.4. The van der Waals surface area contributed by atoms with Gasteiger partial charge in [-0.05, 0) is 43.9 Å². The number of urea groups is 1. The second-order valence-corrected chi connectivity index (χ2v) is 5.27. The summed E-state index contributed by atoms with van der Waals surface area (Å²) in [7, 11) is 0. The lowest BCUT2D eigenvalue weighted by atomic mass is 10.0. The van der Waals surface area contributed by atoms with Crippen LogP contribution in [0.2, 0.25) is 0 Å². The minimum atomic E-state index is -0.973. The first-order chi connectivity index (χ1) is 9.99. The number of rotatable bonds is 3. The fourth-order valence-electron chi connectivity index (χ4n) is 2.53. The first-order valence-electron chi connectivity index (χ1n) is 7.04. The van der Waals surface area contributed by atoms with E-state index in [1.54, 1.807) is 19.1 Å². The summed E-state index contributed by atoms with van der Waals surface area (Å²) in [6, 6.07) is 4.40. The van der Waals surface area contributed by atoms with Gasteiger partial charge in [0.2, 0.25) is 0 Å². The van der Waals surface area contributed by atoms with Gasteiger partial charge in [-0.15, -0.1) is 0 Å². The van der Waals surface area contributed by atoms with Crippen LogP contribution in [0.4, 0.5) is 9.18 Å². The van der Waals surface area contributed by atoms with Gasteiger partial charge in [0.05, 0.1) is 6.04 Å². The molecule has 2 unspecified atom stereocenters. The summed E-state index contributed by atoms with van der Waals surface area (Å²) >= 11 is 0. The highest BCUT2D eigenvalue weighted by Gasteiger charge is 2.32. The van der Waals surface area contributed by atoms with Crippen LogP contribution in [-0.4, -0.2) is 34.6 Å². The number of aliphatic carboxylic acids is 1. The zero-order valence-corrected chi connectivity index (χ0v) is 11.9. The van der Waals surface area contributed by atoms with E-state index >= 15 is 0 Å². The van der Waals surface area contributed by atoms with Crippen LogP contribution < -0.4 is 5.32 Å². The summed E-state index contributed by atoms with van der Waals surface area (Å²) in [5.41, 5.74) is 0.772. The van der Waals surface area contributed by atoms with Crippen LogP contribution in [0.3, 0.4) is 0 Å². The molecule has 0 radical (unpaired) electrons. The fraction of sp³-hybridized carbons (Fsp3) is 0.467. The molecule has 0 aromatic heterocycles. The third-order valence-corrected chi connectivity index (χ3v) is 3.76. The first-order valence-corrected chi connectivity index (χ1v) is 7.04. The lowest BCUT2D eigenvalue weighted by Crippen LogP contribution is -2.52. The van der Waals surface area contributed by atoms with Gasteiger partial charge in [0, 0.05) is 6.54 Å². The van der Waals surface area contributed by atoms with Gasteiger partial charge in [-0.25, -0.2) is 14.0 Å². The van der Waals surface area contributed by atoms with Crippen LogP contribution >= 0.6 is 0 Å². The Kier molecular flexibility index (Phi) is 4.77. The van der Waals surface area contributed by atoms with Crippen molar-refractivity contribution in [3.8, 4) is 0 Å². The van der Waals surface area contributed by atoms with Crippen LogP contribution in [0.1, 0.15) is 37.8 Å². The van der Waals surface area contributed by atoms with E-state index in [9.17, 15) is 19.1 Å². The molecule has 114 valence electrons. The Hall–Kier alpha value is -2.11. The van der Waals surface area contributed by atoms with Crippen LogP contribution in [0.15, 0.2) is 24.3 Å². The van der Waals surface area contributed by atoms with Crippen molar-refractivity contribution in [3.05, 3.63) is 35.6 Å². The summed E-state index contributed by atoms with van der Waals surface area (Å²) in [5.74, 6) is -1.31. The minimum Gasteiger partial charge on any atom is -0.480 e. The Bertz CT molecular complexity index is 518. The average Bonchev–Trinajstić information content (AvgIpc) is 2.47. The summed E-state index contributed by atoms with van der Waals surface area (Å²) in [5, 5.41) is 11.9. The molecule has 2 rings (SSSR count). The van der Waals surface area contributed by atoms with Crippen molar-refractivity contribution in [2.75, 3.05) is 6.54 Å². The Balaban J connectivity index is 2.02. The quantitative estimate of drug-likeness (QED) is 0.900. The fourth-order valence-corrected chi connectivity index (χ4v) is 2.53. The van der Waals surface area contributed by atoms with E-state index < -0.39 is 12.0 Å². The van der Waals surface area contributed by atoms with E-state index in [2.05, 4.69) is 5.32 Å². The van der Waals surface area contributed by atoms with Crippen molar-refractivity contribution >= 4 is 12.0 Å². The number of benzene rings is 1. The molecule has 6 heteroatoms. The number of carboxylic acids is 1. The molecule has 1 saturated heterocycles. The maximum atomic E-state index is 12.9. The number of hydrogen-bond acceptors (Lipinski definition) is 2. The first kappa shape index (κ1) is 15.3. The predicted octanol–water partition coefficient (Wildman–Crippen LogP) is 2.54. The van der Waals surface area contributed by atoms with Crippen LogP contribution in [-0.2, 0) is 4.79 Å². The number of carboxylic acid groups (broad SMARTS) is 1. The van der Waals surface area contributed by atoms with E-state index in [0.29, 0.717) is 13.0 Å². The van der Waals surface area contributed by atoms with E-state index in [4.69, 9.17) is 0 Å². The second-order valence-electron chi connectivity index (χ2n) is 5.27. The normalized spacial score (nSPS) is 19.9. The molecule has 21 heavy (non-hydrogen) atoms. The molecule has 2 N–H and O–H groups in total. The average molecular weight is 294 g/mol. The molecule has 1 aliphatic heterocycles. The molecular formula is C15H19FN2O3. The lowest BCUT2D eigenvalue weighted by molar-refractivity contribution is -0.143. The van der Waals surface area contributed by atoms with Gasteiger partial charge >= 0.3 is 12.0 Å². The van der Waals surface area contributed by atoms with E-state index in [0.717, 1.165) is 18.4 Å². The van der Waals surface area contributed by atoms with Gasteiger partial charge in [0.1, 0.15) is 11.9 Å². The molecule has 0 saturated carbocycles. The van der Waals surface area contributed by atoms with Crippen molar-refractivity contribution in [2.24, 2.45) is 0 Å². The standard InChI is InChI=1S/C15H19FN2O3/c1-10(11-5-7-12(16)8-6-11)17-15(21)18-9-3-2-4-13(18)14(19)20/h5-8,10,13H,2-4,9H2,1H3,(H,17,21)(H,19,20). The van der Waals surface area contributed by atoms with Crippen molar-refractivity contribution in [1.82, 2.24) is 10.2 Å². The second kappa shape index (κ2) is 6.56. The summed E-state index contributed by atoms with van der Waals surface area (Å²) < 4.78 is 12.9. The van der Waals surface area contributed by atoms with Crippen molar-refractivity contribution in [2.45, 2.75) is 38.3 Å². The van der Waals surface area contributed by atoms with Crippen molar-refractivity contribution in [3.63, 3.8) is 0 Å². The molecular weight excluding hydrogens is 275 g/mol. The monoisotopic (exact) mass is 294 g/mol. The third-order valence-electron chi connectivity index (χ3n) is 3.76. The number of amides is 2. The smallest absolute Gasteiger partial charge is 0.326 e. The molecule has 2 atom stereocenters. The lowest BCUT2D eigenvalue weighted by Gasteiger charge is -2.33. The highest BCUT2D eigenvalue weighted by molar-refractivity contribution is 5.83. The molecule has 0 spiro atoms. The number of nitrogens with one attached hydrogen (secondary N) is 1. The SMILES string of the molecule is CC(NC(=O)N1CCCCC1C(=O)O)c1ccc(F)cc1. The Labute approximate surface area is 122 Å². The molecule has 2 amide bonds. The van der Waals surface area contributed by atoms with Gasteiger partial charge in [-0.2, -0.15) is 0 Å². The van der Waals surface area contributed by atoms with Gasteiger partial charge < -0.3 is 15.3 Å². The third kappa shape index (κ3) is 3.71. The van der Waals surface area contributed by atoms with Crippen LogP contribution in [0.5, 0.6) is 0 Å². The summed E-state index contributed by atoms with van der Waals surface area (Å²) in [4.78, 5) is 24.8. The number of carbonyl (C=O) groups is 2. The topological polar surface area (TPSA) is 69.6 Å². The largest absolute Gasteiger partial charge is 0.480 e. The molecule has 1 aromatic carbocycles. The zero-order valence-electron chi connectivity index (χ0n) is 11.9. The molecule has 0 bridgehead atoms. The van der Waals surface area contributed by atoms with Crippen molar-refractivity contribution in [1.29, 1.82) is 0 Å². The van der Waals surface area contributed by atoms with Gasteiger partial charge in [0.25, 0.3) is 0 Å². The molecule has 1 fully saturated rings. The van der Waals surface area contributed by atoms with E-state index in [1.165, 1.54) is 17.0 Å². The molecule has 1 aromatic rings.